The molecular weight excluding hydrogens is 296 g/mol. The highest BCUT2D eigenvalue weighted by Gasteiger charge is 2.28. The Morgan fingerprint density at radius 3 is 2.70 bits per heavy atom. The highest BCUT2D eigenvalue weighted by molar-refractivity contribution is 5.80. The molecule has 23 heavy (non-hydrogen) atoms. The lowest BCUT2D eigenvalue weighted by molar-refractivity contribution is -0.137. The second-order valence-electron chi connectivity index (χ2n) is 5.74. The van der Waals surface area contributed by atoms with Crippen LogP contribution in [0, 0.1) is 6.92 Å². The van der Waals surface area contributed by atoms with E-state index in [1.807, 2.05) is 24.1 Å². The third-order valence-electron chi connectivity index (χ3n) is 4.13. The minimum Gasteiger partial charge on any atom is -0.340 e. The van der Waals surface area contributed by atoms with Crippen LogP contribution in [-0.4, -0.2) is 61.8 Å². The number of piperazine rings is 1. The van der Waals surface area contributed by atoms with Crippen LogP contribution in [0.5, 0.6) is 0 Å². The van der Waals surface area contributed by atoms with Crippen LogP contribution in [0.4, 0.5) is 0 Å². The van der Waals surface area contributed by atoms with Crippen LogP contribution in [0.2, 0.25) is 0 Å². The van der Waals surface area contributed by atoms with Gasteiger partial charge in [0.15, 0.2) is 5.82 Å². The Bertz CT molecular complexity index is 630. The molecule has 0 bridgehead atoms. The molecular formula is C15H22N6O2. The summed E-state index contributed by atoms with van der Waals surface area (Å²) in [6, 6.07) is 1.64. The van der Waals surface area contributed by atoms with Gasteiger partial charge in [0.2, 0.25) is 11.8 Å². The number of carbonyl (C=O) groups excluding carboxylic acids is 1. The molecule has 0 N–H and O–H groups in total. The van der Waals surface area contributed by atoms with Crippen LogP contribution in [-0.2, 0) is 11.3 Å². The smallest absolute Gasteiger partial charge is 0.247 e. The van der Waals surface area contributed by atoms with Crippen molar-refractivity contribution in [2.24, 2.45) is 0 Å². The molecule has 2 aromatic heterocycles. The lowest BCUT2D eigenvalue weighted by Crippen LogP contribution is -2.50. The van der Waals surface area contributed by atoms with Crippen molar-refractivity contribution in [1.29, 1.82) is 0 Å². The molecule has 124 valence electrons. The van der Waals surface area contributed by atoms with Crippen molar-refractivity contribution in [2.75, 3.05) is 26.2 Å². The van der Waals surface area contributed by atoms with Gasteiger partial charge >= 0.3 is 0 Å². The van der Waals surface area contributed by atoms with Crippen LogP contribution in [0.25, 0.3) is 0 Å². The predicted octanol–water partition coefficient (Wildman–Crippen LogP) is 0.870. The molecule has 0 unspecified atom stereocenters. The zero-order valence-corrected chi connectivity index (χ0v) is 13.6. The highest BCUT2D eigenvalue weighted by atomic mass is 16.5. The number of carbonyl (C=O) groups is 1. The molecule has 8 nitrogen and oxygen atoms in total. The Hall–Kier alpha value is -2.22. The zero-order chi connectivity index (χ0) is 16.2. The lowest BCUT2D eigenvalue weighted by Gasteiger charge is -2.35. The van der Waals surface area contributed by atoms with Crippen LogP contribution in [0.3, 0.4) is 0 Å². The van der Waals surface area contributed by atoms with Crippen LogP contribution in [0.15, 0.2) is 23.0 Å². The summed E-state index contributed by atoms with van der Waals surface area (Å²) in [5, 5.41) is 8.13. The summed E-state index contributed by atoms with van der Waals surface area (Å²) in [5.41, 5.74) is 0. The second-order valence-corrected chi connectivity index (χ2v) is 5.74. The van der Waals surface area contributed by atoms with Crippen molar-refractivity contribution < 1.29 is 9.32 Å². The Labute approximate surface area is 135 Å². The fourth-order valence-corrected chi connectivity index (χ4v) is 2.88. The van der Waals surface area contributed by atoms with Gasteiger partial charge in [0.05, 0.1) is 6.54 Å². The third kappa shape index (κ3) is 3.58. The average molecular weight is 318 g/mol. The molecule has 1 saturated heterocycles. The van der Waals surface area contributed by atoms with E-state index in [0.717, 1.165) is 19.5 Å². The molecule has 1 amide bonds. The summed E-state index contributed by atoms with van der Waals surface area (Å²) >= 11 is 0. The quantitative estimate of drug-likeness (QED) is 0.814. The summed E-state index contributed by atoms with van der Waals surface area (Å²) in [7, 11) is 0. The molecule has 1 atom stereocenters. The fraction of sp³-hybridized carbons (Fsp3) is 0.600. The number of rotatable bonds is 5. The molecule has 1 aliphatic heterocycles. The summed E-state index contributed by atoms with van der Waals surface area (Å²) in [6.45, 7) is 7.52. The minimum atomic E-state index is -0.212. The first-order chi connectivity index (χ1) is 11.2. The van der Waals surface area contributed by atoms with Gasteiger partial charge in [-0.05, 0) is 12.5 Å². The molecule has 1 fully saturated rings. The predicted molar refractivity (Wildman–Crippen MR) is 82.4 cm³/mol. The Kier molecular flexibility index (Phi) is 4.71. The first-order valence-electron chi connectivity index (χ1n) is 7.97. The Morgan fingerprint density at radius 1 is 1.35 bits per heavy atom. The minimum absolute atomic E-state index is 0.145. The molecule has 0 aromatic carbocycles. The second kappa shape index (κ2) is 6.91. The van der Waals surface area contributed by atoms with Crippen molar-refractivity contribution in [3.8, 4) is 0 Å². The molecule has 0 saturated carbocycles. The first kappa shape index (κ1) is 15.7. The first-order valence-corrected chi connectivity index (χ1v) is 7.97. The van der Waals surface area contributed by atoms with Gasteiger partial charge < -0.3 is 9.42 Å². The van der Waals surface area contributed by atoms with E-state index in [4.69, 9.17) is 4.52 Å². The molecule has 8 heteroatoms. The number of hydrogen-bond donors (Lipinski definition) is 0. The van der Waals surface area contributed by atoms with Crippen LogP contribution >= 0.6 is 0 Å². The van der Waals surface area contributed by atoms with Crippen molar-refractivity contribution in [2.45, 2.75) is 32.9 Å². The average Bonchev–Trinajstić information content (AvgIpc) is 3.21. The van der Waals surface area contributed by atoms with Crippen molar-refractivity contribution >= 4 is 5.91 Å². The Morgan fingerprint density at radius 2 is 2.13 bits per heavy atom. The maximum absolute atomic E-state index is 12.7. The van der Waals surface area contributed by atoms with Crippen molar-refractivity contribution in [1.82, 2.24) is 29.7 Å². The van der Waals surface area contributed by atoms with E-state index >= 15 is 0 Å². The van der Waals surface area contributed by atoms with Gasteiger partial charge in [0.1, 0.15) is 6.04 Å². The van der Waals surface area contributed by atoms with Gasteiger partial charge in [0, 0.05) is 45.5 Å². The van der Waals surface area contributed by atoms with E-state index in [1.165, 1.54) is 0 Å². The highest BCUT2D eigenvalue weighted by Crippen LogP contribution is 2.16. The number of amides is 1. The van der Waals surface area contributed by atoms with Gasteiger partial charge in [-0.2, -0.15) is 10.1 Å². The maximum atomic E-state index is 12.7. The van der Waals surface area contributed by atoms with E-state index in [-0.39, 0.29) is 11.9 Å². The van der Waals surface area contributed by atoms with E-state index in [9.17, 15) is 4.79 Å². The van der Waals surface area contributed by atoms with Gasteiger partial charge in [-0.3, -0.25) is 14.4 Å². The monoisotopic (exact) mass is 318 g/mol. The Balaban J connectivity index is 1.54. The third-order valence-corrected chi connectivity index (χ3v) is 4.13. The maximum Gasteiger partial charge on any atom is 0.247 e. The van der Waals surface area contributed by atoms with Crippen LogP contribution in [0.1, 0.15) is 31.1 Å². The number of nitrogens with zero attached hydrogens (tertiary/aromatic N) is 6. The largest absolute Gasteiger partial charge is 0.340 e. The zero-order valence-electron chi connectivity index (χ0n) is 13.6. The van der Waals surface area contributed by atoms with Gasteiger partial charge in [-0.1, -0.05) is 12.1 Å². The normalized spacial score (nSPS) is 17.4. The van der Waals surface area contributed by atoms with E-state index in [0.29, 0.717) is 31.3 Å². The molecule has 2 aromatic rings. The topological polar surface area (TPSA) is 80.3 Å². The van der Waals surface area contributed by atoms with Crippen molar-refractivity contribution in [3.05, 3.63) is 30.2 Å². The van der Waals surface area contributed by atoms with E-state index in [1.54, 1.807) is 17.8 Å². The molecule has 3 rings (SSSR count). The summed E-state index contributed by atoms with van der Waals surface area (Å²) in [5.74, 6) is 1.43. The standard InChI is InChI=1S/C15H22N6O2/c1-3-13(21-6-4-5-16-21)15(22)20-9-7-19(8-10-20)11-14-17-12(2)23-18-14/h4-6,13H,3,7-11H2,1-2H3/t13-/m0/s1. The number of aromatic nitrogens is 4. The molecule has 0 spiro atoms. The van der Waals surface area contributed by atoms with Gasteiger partial charge in [-0.25, -0.2) is 0 Å². The van der Waals surface area contributed by atoms with E-state index in [2.05, 4.69) is 20.1 Å². The molecule has 3 heterocycles. The summed E-state index contributed by atoms with van der Waals surface area (Å²) in [6.07, 6.45) is 4.30. The lowest BCUT2D eigenvalue weighted by atomic mass is 10.2. The summed E-state index contributed by atoms with van der Waals surface area (Å²) < 4.78 is 6.74. The van der Waals surface area contributed by atoms with Crippen molar-refractivity contribution in [3.63, 3.8) is 0 Å². The number of hydrogen-bond acceptors (Lipinski definition) is 6. The molecule has 0 aliphatic carbocycles. The molecule has 1 aliphatic rings. The van der Waals surface area contributed by atoms with Gasteiger partial charge in [-0.15, -0.1) is 0 Å². The SMILES string of the molecule is CC[C@@H](C(=O)N1CCN(Cc2noc(C)n2)CC1)n1cccn1. The fourth-order valence-electron chi connectivity index (χ4n) is 2.88. The van der Waals surface area contributed by atoms with E-state index < -0.39 is 0 Å². The van der Waals surface area contributed by atoms with Gasteiger partial charge in [0.25, 0.3) is 0 Å². The van der Waals surface area contributed by atoms with Crippen LogP contribution < -0.4 is 0 Å². The number of aryl methyl sites for hydroxylation is 1. The summed E-state index contributed by atoms with van der Waals surface area (Å²) in [4.78, 5) is 21.1. The molecule has 0 radical (unpaired) electrons.